The molecule has 0 bridgehead atoms. The molecule has 0 fully saturated rings. The van der Waals surface area contributed by atoms with E-state index in [2.05, 4.69) is 0 Å². The summed E-state index contributed by atoms with van der Waals surface area (Å²) in [6.07, 6.45) is 0. The van der Waals surface area contributed by atoms with Gasteiger partial charge < -0.3 is 9.47 Å². The maximum atomic E-state index is 12.6. The number of carbonyl (C=O) groups excluding carboxylic acids is 1. The van der Waals surface area contributed by atoms with Crippen molar-refractivity contribution in [1.29, 1.82) is 0 Å². The predicted molar refractivity (Wildman–Crippen MR) is 90.3 cm³/mol. The van der Waals surface area contributed by atoms with Gasteiger partial charge in [-0.25, -0.2) is 12.7 Å². The smallest absolute Gasteiger partial charge is 0.267 e. The minimum absolute atomic E-state index is 0.0202. The molecule has 0 heterocycles. The second-order valence-corrected chi connectivity index (χ2v) is 7.24. The molecule has 2 aromatic rings. The van der Waals surface area contributed by atoms with Crippen LogP contribution in [0.4, 0.5) is 0 Å². The zero-order valence-electron chi connectivity index (χ0n) is 13.3. The highest BCUT2D eigenvalue weighted by Gasteiger charge is 2.27. The Bertz CT molecular complexity index is 849. The van der Waals surface area contributed by atoms with Crippen molar-refractivity contribution in [2.45, 2.75) is 4.90 Å². The topological polar surface area (TPSA) is 72.9 Å². The van der Waals surface area contributed by atoms with Crippen molar-refractivity contribution in [3.63, 3.8) is 0 Å². The molecule has 6 nitrogen and oxygen atoms in total. The van der Waals surface area contributed by atoms with Crippen molar-refractivity contribution in [2.75, 3.05) is 21.3 Å². The number of ether oxygens (including phenoxy) is 2. The number of amides is 1. The van der Waals surface area contributed by atoms with Gasteiger partial charge in [0, 0.05) is 17.6 Å². The van der Waals surface area contributed by atoms with Crippen molar-refractivity contribution in [2.24, 2.45) is 0 Å². The van der Waals surface area contributed by atoms with Crippen molar-refractivity contribution < 1.29 is 22.7 Å². The monoisotopic (exact) mass is 369 g/mol. The van der Waals surface area contributed by atoms with E-state index >= 15 is 0 Å². The van der Waals surface area contributed by atoms with Gasteiger partial charge in [0.25, 0.3) is 15.9 Å². The SMILES string of the molecule is COc1ccc(S(=O)(=O)N(C)C(=O)c2cc(Cl)cc(OC)c2)cc1. The molecule has 0 aliphatic heterocycles. The minimum Gasteiger partial charge on any atom is -0.497 e. The Kier molecular flexibility index (Phi) is 5.36. The Hall–Kier alpha value is -2.25. The third-order valence-corrected chi connectivity index (χ3v) is 5.33. The molecule has 0 saturated heterocycles. The molecule has 8 heteroatoms. The number of benzene rings is 2. The quantitative estimate of drug-likeness (QED) is 0.810. The molecular formula is C16H16ClNO5S. The summed E-state index contributed by atoms with van der Waals surface area (Å²) in [4.78, 5) is 12.5. The predicted octanol–water partition coefficient (Wildman–Crippen LogP) is 2.82. The van der Waals surface area contributed by atoms with Crippen molar-refractivity contribution in [1.82, 2.24) is 4.31 Å². The van der Waals surface area contributed by atoms with Crippen LogP contribution in [0.15, 0.2) is 47.4 Å². The van der Waals surface area contributed by atoms with Crippen LogP contribution in [0.3, 0.4) is 0 Å². The fourth-order valence-corrected chi connectivity index (χ4v) is 3.35. The summed E-state index contributed by atoms with van der Waals surface area (Å²) in [5.74, 6) is 0.162. The van der Waals surface area contributed by atoms with Gasteiger partial charge >= 0.3 is 0 Å². The van der Waals surface area contributed by atoms with E-state index in [4.69, 9.17) is 21.1 Å². The Labute approximate surface area is 145 Å². The van der Waals surface area contributed by atoms with Crippen LogP contribution >= 0.6 is 11.6 Å². The van der Waals surface area contributed by atoms with Crippen LogP contribution in [0.1, 0.15) is 10.4 Å². The van der Waals surface area contributed by atoms with E-state index < -0.39 is 15.9 Å². The first-order chi connectivity index (χ1) is 11.3. The highest BCUT2D eigenvalue weighted by molar-refractivity contribution is 7.89. The third-order valence-electron chi connectivity index (χ3n) is 3.36. The molecule has 0 aromatic heterocycles. The second kappa shape index (κ2) is 7.11. The number of halogens is 1. The van der Waals surface area contributed by atoms with Gasteiger partial charge in [-0.15, -0.1) is 0 Å². The van der Waals surface area contributed by atoms with Crippen LogP contribution in [-0.2, 0) is 10.0 Å². The number of sulfonamides is 1. The first-order valence-electron chi connectivity index (χ1n) is 6.81. The van der Waals surface area contributed by atoms with Gasteiger partial charge in [0.2, 0.25) is 0 Å². The van der Waals surface area contributed by atoms with Crippen LogP contribution in [-0.4, -0.2) is 39.9 Å². The molecule has 0 spiro atoms. The first-order valence-corrected chi connectivity index (χ1v) is 8.63. The maximum Gasteiger partial charge on any atom is 0.267 e. The summed E-state index contributed by atoms with van der Waals surface area (Å²) >= 11 is 5.93. The molecule has 24 heavy (non-hydrogen) atoms. The lowest BCUT2D eigenvalue weighted by atomic mass is 10.2. The Morgan fingerprint density at radius 2 is 1.58 bits per heavy atom. The molecule has 0 aliphatic rings. The van der Waals surface area contributed by atoms with Crippen LogP contribution < -0.4 is 9.47 Å². The zero-order valence-corrected chi connectivity index (χ0v) is 14.9. The normalized spacial score (nSPS) is 11.0. The fourth-order valence-electron chi connectivity index (χ4n) is 2.00. The second-order valence-electron chi connectivity index (χ2n) is 4.83. The molecule has 0 unspecified atom stereocenters. The fraction of sp³-hybridized carbons (Fsp3) is 0.188. The van der Waals surface area contributed by atoms with E-state index in [0.717, 1.165) is 0 Å². The van der Waals surface area contributed by atoms with E-state index in [9.17, 15) is 13.2 Å². The van der Waals surface area contributed by atoms with Crippen molar-refractivity contribution >= 4 is 27.5 Å². The summed E-state index contributed by atoms with van der Waals surface area (Å²) in [5.41, 5.74) is 0.110. The molecule has 1 amide bonds. The van der Waals surface area contributed by atoms with Gasteiger partial charge in [-0.05, 0) is 42.5 Å². The Morgan fingerprint density at radius 3 is 2.12 bits per heavy atom. The van der Waals surface area contributed by atoms with Gasteiger partial charge in [-0.1, -0.05) is 11.6 Å². The zero-order chi connectivity index (χ0) is 17.9. The summed E-state index contributed by atoms with van der Waals surface area (Å²) in [6.45, 7) is 0. The van der Waals surface area contributed by atoms with E-state index in [1.165, 1.54) is 63.7 Å². The van der Waals surface area contributed by atoms with Crippen molar-refractivity contribution in [3.05, 3.63) is 53.1 Å². The van der Waals surface area contributed by atoms with Gasteiger partial charge in [0.1, 0.15) is 11.5 Å². The van der Waals surface area contributed by atoms with E-state index in [0.29, 0.717) is 15.8 Å². The molecule has 2 aromatic carbocycles. The molecule has 2 rings (SSSR count). The third kappa shape index (κ3) is 3.63. The molecule has 0 saturated carbocycles. The number of methoxy groups -OCH3 is 2. The number of nitrogens with zero attached hydrogens (tertiary/aromatic N) is 1. The van der Waals surface area contributed by atoms with Crippen LogP contribution in [0.25, 0.3) is 0 Å². The van der Waals surface area contributed by atoms with Crippen LogP contribution in [0, 0.1) is 0 Å². The van der Waals surface area contributed by atoms with E-state index in [1.807, 2.05) is 0 Å². The molecule has 0 atom stereocenters. The maximum absolute atomic E-state index is 12.6. The molecule has 128 valence electrons. The Balaban J connectivity index is 2.36. The molecular weight excluding hydrogens is 354 g/mol. The van der Waals surface area contributed by atoms with Gasteiger partial charge in [-0.2, -0.15) is 0 Å². The summed E-state index contributed by atoms with van der Waals surface area (Å²) < 4.78 is 35.9. The van der Waals surface area contributed by atoms with Crippen LogP contribution in [0.2, 0.25) is 5.02 Å². The van der Waals surface area contributed by atoms with Gasteiger partial charge in [-0.3, -0.25) is 4.79 Å². The summed E-state index contributed by atoms with van der Waals surface area (Å²) in [5, 5.41) is 0.271. The first kappa shape index (κ1) is 18.1. The average Bonchev–Trinajstić information content (AvgIpc) is 2.59. The van der Waals surface area contributed by atoms with E-state index in [1.54, 1.807) is 0 Å². The van der Waals surface area contributed by atoms with Gasteiger partial charge in [0.05, 0.1) is 19.1 Å². The average molecular weight is 370 g/mol. The lowest BCUT2D eigenvalue weighted by Gasteiger charge is -2.18. The number of rotatable bonds is 5. The highest BCUT2D eigenvalue weighted by Crippen LogP contribution is 2.24. The molecule has 0 aliphatic carbocycles. The molecule has 0 N–H and O–H groups in total. The van der Waals surface area contributed by atoms with E-state index in [-0.39, 0.29) is 15.5 Å². The number of hydrogen-bond donors (Lipinski definition) is 0. The number of carbonyl (C=O) groups is 1. The summed E-state index contributed by atoms with van der Waals surface area (Å²) in [6, 6.07) is 10.1. The lowest BCUT2D eigenvalue weighted by molar-refractivity contribution is 0.0882. The highest BCUT2D eigenvalue weighted by atomic mass is 35.5. The standard InChI is InChI=1S/C16H16ClNO5S/c1-18(16(19)11-8-12(17)10-14(9-11)23-3)24(20,21)15-6-4-13(22-2)5-7-15/h4-10H,1-3H3. The summed E-state index contributed by atoms with van der Waals surface area (Å²) in [7, 11) is 0.0965. The molecule has 0 radical (unpaired) electrons. The minimum atomic E-state index is -4.00. The van der Waals surface area contributed by atoms with Crippen LogP contribution in [0.5, 0.6) is 11.5 Å². The largest absolute Gasteiger partial charge is 0.497 e. The van der Waals surface area contributed by atoms with Crippen molar-refractivity contribution in [3.8, 4) is 11.5 Å². The Morgan fingerprint density at radius 1 is 1.00 bits per heavy atom. The number of hydrogen-bond acceptors (Lipinski definition) is 5. The van der Waals surface area contributed by atoms with Gasteiger partial charge in [0.15, 0.2) is 0 Å². The lowest BCUT2D eigenvalue weighted by Crippen LogP contribution is -2.33.